The largest absolute Gasteiger partial charge is 0.336 e. The van der Waals surface area contributed by atoms with E-state index >= 15 is 0 Å². The van der Waals surface area contributed by atoms with Crippen LogP contribution in [0.1, 0.15) is 16.7 Å². The van der Waals surface area contributed by atoms with Crippen molar-refractivity contribution in [2.75, 3.05) is 19.6 Å². The van der Waals surface area contributed by atoms with E-state index in [2.05, 4.69) is 11.0 Å². The summed E-state index contributed by atoms with van der Waals surface area (Å²) in [6, 6.07) is 19.8. The predicted molar refractivity (Wildman–Crippen MR) is 88.3 cm³/mol. The first-order valence-corrected chi connectivity index (χ1v) is 7.78. The molecule has 0 spiro atoms. The summed E-state index contributed by atoms with van der Waals surface area (Å²) in [5.41, 5.74) is 2.90. The Morgan fingerprint density at radius 1 is 0.957 bits per heavy atom. The zero-order valence-electron chi connectivity index (χ0n) is 13.0. The monoisotopic (exact) mass is 305 g/mol. The van der Waals surface area contributed by atoms with Crippen LogP contribution in [0.2, 0.25) is 0 Å². The number of piperazine rings is 1. The predicted octanol–water partition coefficient (Wildman–Crippen LogP) is 2.40. The van der Waals surface area contributed by atoms with E-state index in [0.29, 0.717) is 25.2 Å². The average Bonchev–Trinajstić information content (AvgIpc) is 2.58. The van der Waals surface area contributed by atoms with Gasteiger partial charge >= 0.3 is 0 Å². The lowest BCUT2D eigenvalue weighted by atomic mass is 10.1. The Balaban J connectivity index is 1.58. The van der Waals surface area contributed by atoms with E-state index in [1.165, 1.54) is 0 Å². The molecule has 0 unspecified atom stereocenters. The van der Waals surface area contributed by atoms with Crippen molar-refractivity contribution in [2.45, 2.75) is 13.1 Å². The molecule has 0 N–H and O–H groups in total. The number of amides is 1. The summed E-state index contributed by atoms with van der Waals surface area (Å²) >= 11 is 0. The molecule has 0 radical (unpaired) electrons. The summed E-state index contributed by atoms with van der Waals surface area (Å²) < 4.78 is 0. The molecule has 1 heterocycles. The van der Waals surface area contributed by atoms with Gasteiger partial charge in [0.25, 0.3) is 0 Å². The van der Waals surface area contributed by atoms with Gasteiger partial charge in [0.2, 0.25) is 5.91 Å². The highest BCUT2D eigenvalue weighted by atomic mass is 16.2. The fraction of sp³-hybridized carbons (Fsp3) is 0.263. The molecule has 0 atom stereocenters. The first kappa shape index (κ1) is 15.3. The molecule has 0 bridgehead atoms. The van der Waals surface area contributed by atoms with Crippen LogP contribution in [-0.4, -0.2) is 35.3 Å². The van der Waals surface area contributed by atoms with Crippen molar-refractivity contribution in [2.24, 2.45) is 0 Å². The van der Waals surface area contributed by atoms with Crippen molar-refractivity contribution in [3.63, 3.8) is 0 Å². The Labute approximate surface area is 136 Å². The van der Waals surface area contributed by atoms with Gasteiger partial charge in [0.1, 0.15) is 0 Å². The summed E-state index contributed by atoms with van der Waals surface area (Å²) in [7, 11) is 0. The van der Waals surface area contributed by atoms with E-state index in [0.717, 1.165) is 24.2 Å². The van der Waals surface area contributed by atoms with Crippen LogP contribution in [0.5, 0.6) is 0 Å². The van der Waals surface area contributed by atoms with E-state index in [1.54, 1.807) is 6.07 Å². The Kier molecular flexibility index (Phi) is 4.70. The number of hydrogen-bond donors (Lipinski definition) is 0. The second-order valence-corrected chi connectivity index (χ2v) is 5.82. The Bertz CT molecular complexity index is 721. The molecule has 3 rings (SSSR count). The maximum Gasteiger partial charge on any atom is 0.237 e. The first-order chi connectivity index (χ1) is 11.2. The standard InChI is InChI=1S/C19H19N3O/c20-12-17-7-4-8-18(11-17)13-21-9-10-22(19(23)15-21)14-16-5-2-1-3-6-16/h1-8,11H,9-10,13-15H2. The molecule has 116 valence electrons. The minimum absolute atomic E-state index is 0.163. The lowest BCUT2D eigenvalue weighted by Crippen LogP contribution is -2.49. The maximum atomic E-state index is 12.4. The van der Waals surface area contributed by atoms with Gasteiger partial charge in [0, 0.05) is 26.2 Å². The van der Waals surface area contributed by atoms with Crippen LogP contribution in [0.15, 0.2) is 54.6 Å². The molecule has 1 saturated heterocycles. The van der Waals surface area contributed by atoms with Crippen molar-refractivity contribution in [3.8, 4) is 6.07 Å². The maximum absolute atomic E-state index is 12.4. The van der Waals surface area contributed by atoms with Crippen molar-refractivity contribution >= 4 is 5.91 Å². The van der Waals surface area contributed by atoms with Gasteiger partial charge in [0.15, 0.2) is 0 Å². The zero-order chi connectivity index (χ0) is 16.1. The minimum Gasteiger partial charge on any atom is -0.336 e. The summed E-state index contributed by atoms with van der Waals surface area (Å²) in [6.07, 6.45) is 0. The second-order valence-electron chi connectivity index (χ2n) is 5.82. The highest BCUT2D eigenvalue weighted by molar-refractivity contribution is 5.79. The van der Waals surface area contributed by atoms with E-state index in [9.17, 15) is 4.79 Å². The quantitative estimate of drug-likeness (QED) is 0.871. The van der Waals surface area contributed by atoms with Crippen molar-refractivity contribution in [1.29, 1.82) is 5.26 Å². The van der Waals surface area contributed by atoms with E-state index in [4.69, 9.17) is 5.26 Å². The van der Waals surface area contributed by atoms with Crippen LogP contribution in [0.25, 0.3) is 0 Å². The van der Waals surface area contributed by atoms with E-state index < -0.39 is 0 Å². The van der Waals surface area contributed by atoms with Gasteiger partial charge in [-0.1, -0.05) is 42.5 Å². The van der Waals surface area contributed by atoms with Crippen LogP contribution in [-0.2, 0) is 17.9 Å². The number of carbonyl (C=O) groups is 1. The molecular weight excluding hydrogens is 286 g/mol. The fourth-order valence-electron chi connectivity index (χ4n) is 2.86. The third kappa shape index (κ3) is 3.97. The van der Waals surface area contributed by atoms with Gasteiger partial charge in [-0.2, -0.15) is 5.26 Å². The van der Waals surface area contributed by atoms with Crippen LogP contribution >= 0.6 is 0 Å². The number of rotatable bonds is 4. The van der Waals surface area contributed by atoms with Crippen LogP contribution < -0.4 is 0 Å². The normalized spacial score (nSPS) is 15.4. The molecule has 0 saturated carbocycles. The van der Waals surface area contributed by atoms with Crippen molar-refractivity contribution < 1.29 is 4.79 Å². The third-order valence-corrected chi connectivity index (χ3v) is 4.08. The third-order valence-electron chi connectivity index (χ3n) is 4.08. The molecule has 1 aliphatic heterocycles. The SMILES string of the molecule is N#Cc1cccc(CN2CCN(Cc3ccccc3)C(=O)C2)c1. The van der Waals surface area contributed by atoms with Crippen LogP contribution in [0.4, 0.5) is 0 Å². The average molecular weight is 305 g/mol. The molecule has 4 heteroatoms. The number of nitriles is 1. The van der Waals surface area contributed by atoms with Gasteiger partial charge < -0.3 is 4.90 Å². The minimum atomic E-state index is 0.163. The Morgan fingerprint density at radius 2 is 1.74 bits per heavy atom. The van der Waals surface area contributed by atoms with Crippen molar-refractivity contribution in [1.82, 2.24) is 9.80 Å². The summed E-state index contributed by atoms with van der Waals surface area (Å²) in [4.78, 5) is 16.4. The fourth-order valence-corrected chi connectivity index (χ4v) is 2.86. The number of benzene rings is 2. The molecule has 2 aromatic carbocycles. The Hall–Kier alpha value is -2.64. The molecule has 4 nitrogen and oxygen atoms in total. The first-order valence-electron chi connectivity index (χ1n) is 7.78. The topological polar surface area (TPSA) is 47.3 Å². The highest BCUT2D eigenvalue weighted by Gasteiger charge is 2.23. The van der Waals surface area contributed by atoms with Gasteiger partial charge in [-0.25, -0.2) is 0 Å². The molecule has 0 aliphatic carbocycles. The summed E-state index contributed by atoms with van der Waals surface area (Å²) in [5, 5.41) is 8.96. The number of nitrogens with zero attached hydrogens (tertiary/aromatic N) is 3. The molecule has 23 heavy (non-hydrogen) atoms. The molecule has 1 amide bonds. The van der Waals surface area contributed by atoms with Gasteiger partial charge in [-0.3, -0.25) is 9.69 Å². The lowest BCUT2D eigenvalue weighted by molar-refractivity contribution is -0.136. The van der Waals surface area contributed by atoms with E-state index in [-0.39, 0.29) is 5.91 Å². The number of carbonyl (C=O) groups excluding carboxylic acids is 1. The van der Waals surface area contributed by atoms with Gasteiger partial charge in [-0.05, 0) is 23.3 Å². The smallest absolute Gasteiger partial charge is 0.237 e. The molecule has 1 aliphatic rings. The zero-order valence-corrected chi connectivity index (χ0v) is 13.0. The summed E-state index contributed by atoms with van der Waals surface area (Å²) in [5.74, 6) is 0.163. The molecule has 0 aromatic heterocycles. The van der Waals surface area contributed by atoms with Crippen LogP contribution in [0.3, 0.4) is 0 Å². The molecular formula is C19H19N3O. The van der Waals surface area contributed by atoms with Gasteiger partial charge in [0.05, 0.1) is 18.2 Å². The van der Waals surface area contributed by atoms with Gasteiger partial charge in [-0.15, -0.1) is 0 Å². The number of hydrogen-bond acceptors (Lipinski definition) is 3. The van der Waals surface area contributed by atoms with Crippen molar-refractivity contribution in [3.05, 3.63) is 71.3 Å². The van der Waals surface area contributed by atoms with Crippen LogP contribution in [0, 0.1) is 11.3 Å². The second kappa shape index (κ2) is 7.08. The van der Waals surface area contributed by atoms with E-state index in [1.807, 2.05) is 53.4 Å². The Morgan fingerprint density at radius 3 is 2.48 bits per heavy atom. The molecule has 1 fully saturated rings. The molecule has 2 aromatic rings. The summed E-state index contributed by atoms with van der Waals surface area (Å²) in [6.45, 7) is 3.42. The lowest BCUT2D eigenvalue weighted by Gasteiger charge is -2.34. The highest BCUT2D eigenvalue weighted by Crippen LogP contribution is 2.13.